The maximum atomic E-state index is 12.9. The summed E-state index contributed by atoms with van der Waals surface area (Å²) in [6.45, 7) is 2.24. The van der Waals surface area contributed by atoms with Crippen molar-refractivity contribution in [1.29, 1.82) is 0 Å². The molecule has 9 heteroatoms. The van der Waals surface area contributed by atoms with Crippen molar-refractivity contribution < 1.29 is 27.2 Å². The summed E-state index contributed by atoms with van der Waals surface area (Å²) in [6.07, 6.45) is -4.56. The van der Waals surface area contributed by atoms with Gasteiger partial charge in [-0.1, -0.05) is 17.3 Å². The highest BCUT2D eigenvalue weighted by Crippen LogP contribution is 2.34. The van der Waals surface area contributed by atoms with Gasteiger partial charge in [0, 0.05) is 19.2 Å². The molecule has 128 valence electrons. The predicted octanol–water partition coefficient (Wildman–Crippen LogP) is 2.78. The van der Waals surface area contributed by atoms with Crippen LogP contribution in [0.15, 0.2) is 34.9 Å². The molecule has 1 aliphatic rings. The number of alkyl halides is 3. The molecule has 24 heavy (non-hydrogen) atoms. The van der Waals surface area contributed by atoms with Crippen LogP contribution in [0, 0.1) is 0 Å². The first-order valence-corrected chi connectivity index (χ1v) is 7.22. The number of rotatable bonds is 3. The predicted molar refractivity (Wildman–Crippen MR) is 78.9 cm³/mol. The normalized spacial score (nSPS) is 15.4. The number of amides is 1. The van der Waals surface area contributed by atoms with Gasteiger partial charge in [-0.05, 0) is 12.1 Å². The Morgan fingerprint density at radius 2 is 1.92 bits per heavy atom. The summed E-state index contributed by atoms with van der Waals surface area (Å²) in [7, 11) is 0. The van der Waals surface area contributed by atoms with Crippen LogP contribution in [-0.2, 0) is 10.9 Å². The lowest BCUT2D eigenvalue weighted by Crippen LogP contribution is -2.35. The molecule has 0 unspecified atom stereocenters. The van der Waals surface area contributed by atoms with Gasteiger partial charge >= 0.3 is 6.18 Å². The van der Waals surface area contributed by atoms with Crippen LogP contribution in [0.25, 0.3) is 0 Å². The minimum absolute atomic E-state index is 0.0894. The number of para-hydroxylation sites is 1. The quantitative estimate of drug-likeness (QED) is 0.930. The lowest BCUT2D eigenvalue weighted by molar-refractivity contribution is -0.136. The molecule has 0 spiro atoms. The minimum atomic E-state index is -4.56. The topological polar surface area (TPSA) is 67.6 Å². The average molecular weight is 341 g/mol. The van der Waals surface area contributed by atoms with Crippen LogP contribution in [0.4, 0.5) is 24.7 Å². The van der Waals surface area contributed by atoms with E-state index < -0.39 is 17.6 Å². The van der Waals surface area contributed by atoms with Crippen LogP contribution in [-0.4, -0.2) is 37.4 Å². The number of hydrogen-bond donors (Lipinski definition) is 1. The Bertz CT molecular complexity index is 724. The third-order valence-corrected chi connectivity index (χ3v) is 3.53. The van der Waals surface area contributed by atoms with Gasteiger partial charge in [0.1, 0.15) is 0 Å². The van der Waals surface area contributed by atoms with Crippen molar-refractivity contribution in [3.63, 3.8) is 0 Å². The van der Waals surface area contributed by atoms with E-state index in [0.29, 0.717) is 32.2 Å². The van der Waals surface area contributed by atoms with Crippen LogP contribution in [0.1, 0.15) is 16.1 Å². The van der Waals surface area contributed by atoms with Gasteiger partial charge < -0.3 is 19.5 Å². The van der Waals surface area contributed by atoms with Crippen molar-refractivity contribution in [3.05, 3.63) is 41.6 Å². The summed E-state index contributed by atoms with van der Waals surface area (Å²) in [6, 6.07) is 6.15. The number of carbonyl (C=O) groups excluding carboxylic acids is 1. The lowest BCUT2D eigenvalue weighted by atomic mass is 10.1. The molecular formula is C15H14F3N3O3. The number of benzene rings is 1. The molecule has 0 radical (unpaired) electrons. The van der Waals surface area contributed by atoms with Crippen LogP contribution in [0.5, 0.6) is 0 Å². The number of nitrogens with zero attached hydrogens (tertiary/aromatic N) is 2. The monoisotopic (exact) mass is 341 g/mol. The van der Waals surface area contributed by atoms with Gasteiger partial charge in [-0.2, -0.15) is 13.2 Å². The molecule has 3 rings (SSSR count). The minimum Gasteiger partial charge on any atom is -0.378 e. The number of morpholine rings is 1. The fourth-order valence-electron chi connectivity index (χ4n) is 2.33. The zero-order chi connectivity index (χ0) is 17.2. The summed E-state index contributed by atoms with van der Waals surface area (Å²) >= 11 is 0. The standard InChI is InChI=1S/C15H14F3N3O3/c16-15(17,18)10-3-1-2-4-11(10)19-14(22)12-9-13(24-20-12)21-5-7-23-8-6-21/h1-4,9H,5-8H2,(H,19,22). The molecular weight excluding hydrogens is 327 g/mol. The first-order chi connectivity index (χ1) is 11.4. The van der Waals surface area contributed by atoms with E-state index in [4.69, 9.17) is 9.26 Å². The molecule has 0 saturated carbocycles. The van der Waals surface area contributed by atoms with Crippen molar-refractivity contribution >= 4 is 17.5 Å². The van der Waals surface area contributed by atoms with Gasteiger partial charge in [0.05, 0.1) is 24.5 Å². The smallest absolute Gasteiger partial charge is 0.378 e. The third-order valence-electron chi connectivity index (χ3n) is 3.53. The van der Waals surface area contributed by atoms with Gasteiger partial charge in [0.25, 0.3) is 5.91 Å². The third kappa shape index (κ3) is 3.51. The first-order valence-electron chi connectivity index (χ1n) is 7.22. The highest BCUT2D eigenvalue weighted by Gasteiger charge is 2.33. The molecule has 0 atom stereocenters. The number of hydrogen-bond acceptors (Lipinski definition) is 5. The molecule has 6 nitrogen and oxygen atoms in total. The second kappa shape index (κ2) is 6.52. The summed E-state index contributed by atoms with van der Waals surface area (Å²) in [4.78, 5) is 14.0. The first kappa shape index (κ1) is 16.3. The maximum absolute atomic E-state index is 12.9. The Hall–Kier alpha value is -2.55. The van der Waals surface area contributed by atoms with Gasteiger partial charge in [0.15, 0.2) is 5.69 Å². The Morgan fingerprint density at radius 3 is 2.62 bits per heavy atom. The molecule has 2 heterocycles. The molecule has 1 fully saturated rings. The van der Waals surface area contributed by atoms with Crippen LogP contribution < -0.4 is 10.2 Å². The second-order valence-corrected chi connectivity index (χ2v) is 5.15. The molecule has 1 amide bonds. The van der Waals surface area contributed by atoms with Crippen molar-refractivity contribution in [2.75, 3.05) is 36.5 Å². The summed E-state index contributed by atoms with van der Waals surface area (Å²) < 4.78 is 49.1. The molecule has 1 aliphatic heterocycles. The highest BCUT2D eigenvalue weighted by molar-refractivity contribution is 6.03. The summed E-state index contributed by atoms with van der Waals surface area (Å²) in [5, 5.41) is 5.85. The van der Waals surface area contributed by atoms with Crippen LogP contribution in [0.3, 0.4) is 0 Å². The highest BCUT2D eigenvalue weighted by atomic mass is 19.4. The average Bonchev–Trinajstić information content (AvgIpc) is 3.05. The van der Waals surface area contributed by atoms with E-state index in [1.807, 2.05) is 4.90 Å². The van der Waals surface area contributed by atoms with Crippen molar-refractivity contribution in [3.8, 4) is 0 Å². The van der Waals surface area contributed by atoms with E-state index in [9.17, 15) is 18.0 Å². The van der Waals surface area contributed by atoms with Gasteiger partial charge in [-0.25, -0.2) is 0 Å². The zero-order valence-electron chi connectivity index (χ0n) is 12.5. The molecule has 2 aromatic rings. The van der Waals surface area contributed by atoms with Crippen LogP contribution >= 0.6 is 0 Å². The molecule has 1 aromatic carbocycles. The molecule has 1 aromatic heterocycles. The second-order valence-electron chi connectivity index (χ2n) is 5.15. The van der Waals surface area contributed by atoms with Crippen LogP contribution in [0.2, 0.25) is 0 Å². The van der Waals surface area contributed by atoms with E-state index >= 15 is 0 Å². The van der Waals surface area contributed by atoms with Gasteiger partial charge in [-0.3, -0.25) is 4.79 Å². The number of anilines is 2. The molecule has 0 bridgehead atoms. The van der Waals surface area contributed by atoms with E-state index in [-0.39, 0.29) is 11.4 Å². The fourth-order valence-corrected chi connectivity index (χ4v) is 2.33. The number of ether oxygens (including phenoxy) is 1. The Balaban J connectivity index is 1.75. The van der Waals surface area contributed by atoms with E-state index in [1.54, 1.807) is 0 Å². The number of halogens is 3. The largest absolute Gasteiger partial charge is 0.418 e. The number of carbonyl (C=O) groups is 1. The lowest BCUT2D eigenvalue weighted by Gasteiger charge is -2.25. The number of aromatic nitrogens is 1. The van der Waals surface area contributed by atoms with Crippen molar-refractivity contribution in [2.45, 2.75) is 6.18 Å². The van der Waals surface area contributed by atoms with Crippen molar-refractivity contribution in [2.24, 2.45) is 0 Å². The zero-order valence-corrected chi connectivity index (χ0v) is 12.5. The number of nitrogens with one attached hydrogen (secondary N) is 1. The van der Waals surface area contributed by atoms with Gasteiger partial charge in [0.2, 0.25) is 5.88 Å². The van der Waals surface area contributed by atoms with E-state index in [0.717, 1.165) is 6.07 Å². The fraction of sp³-hybridized carbons (Fsp3) is 0.333. The Labute approximate surface area is 135 Å². The SMILES string of the molecule is O=C(Nc1ccccc1C(F)(F)F)c1cc(N2CCOCC2)on1. The molecule has 1 saturated heterocycles. The molecule has 1 N–H and O–H groups in total. The van der Waals surface area contributed by atoms with Gasteiger partial charge in [-0.15, -0.1) is 0 Å². The Kier molecular flexibility index (Phi) is 4.43. The molecule has 0 aliphatic carbocycles. The van der Waals surface area contributed by atoms with E-state index in [1.165, 1.54) is 24.3 Å². The maximum Gasteiger partial charge on any atom is 0.418 e. The van der Waals surface area contributed by atoms with Crippen molar-refractivity contribution in [1.82, 2.24) is 5.16 Å². The Morgan fingerprint density at radius 1 is 1.21 bits per heavy atom. The summed E-state index contributed by atoms with van der Waals surface area (Å²) in [5.41, 5.74) is -1.34. The summed E-state index contributed by atoms with van der Waals surface area (Å²) in [5.74, 6) is -0.387. The van der Waals surface area contributed by atoms with E-state index in [2.05, 4.69) is 10.5 Å².